The van der Waals surface area contributed by atoms with E-state index in [1.807, 2.05) is 11.9 Å². The number of hydrogen-bond acceptors (Lipinski definition) is 4. The summed E-state index contributed by atoms with van der Waals surface area (Å²) in [5.74, 6) is 0.742. The number of nitrogens with two attached hydrogens (primary N) is 1. The SMILES string of the molecule is CN(Cc1ccc(F)cc1)c1nccc(N)n1. The molecule has 1 aromatic heterocycles. The van der Waals surface area contributed by atoms with Crippen molar-refractivity contribution in [2.75, 3.05) is 17.7 Å². The van der Waals surface area contributed by atoms with Gasteiger partial charge < -0.3 is 10.6 Å². The first-order valence-electron chi connectivity index (χ1n) is 5.19. The van der Waals surface area contributed by atoms with Crippen LogP contribution in [0, 0.1) is 5.82 Å². The summed E-state index contributed by atoms with van der Waals surface area (Å²) in [5, 5.41) is 0. The molecule has 0 radical (unpaired) electrons. The van der Waals surface area contributed by atoms with Gasteiger partial charge in [-0.15, -0.1) is 0 Å². The zero-order valence-electron chi connectivity index (χ0n) is 9.47. The highest BCUT2D eigenvalue weighted by atomic mass is 19.1. The van der Waals surface area contributed by atoms with Crippen molar-refractivity contribution in [3.05, 3.63) is 47.9 Å². The van der Waals surface area contributed by atoms with Gasteiger partial charge >= 0.3 is 0 Å². The van der Waals surface area contributed by atoms with Crippen LogP contribution in [0.25, 0.3) is 0 Å². The van der Waals surface area contributed by atoms with E-state index >= 15 is 0 Å². The fraction of sp³-hybridized carbons (Fsp3) is 0.167. The third kappa shape index (κ3) is 2.90. The summed E-state index contributed by atoms with van der Waals surface area (Å²) in [6.45, 7) is 0.601. The van der Waals surface area contributed by atoms with Crippen LogP contribution in [-0.2, 0) is 6.54 Å². The second-order valence-electron chi connectivity index (χ2n) is 3.76. The average molecular weight is 232 g/mol. The van der Waals surface area contributed by atoms with Crippen molar-refractivity contribution in [1.82, 2.24) is 9.97 Å². The highest BCUT2D eigenvalue weighted by Crippen LogP contribution is 2.11. The predicted octanol–water partition coefficient (Wildman–Crippen LogP) is 1.83. The summed E-state index contributed by atoms with van der Waals surface area (Å²) >= 11 is 0. The predicted molar refractivity (Wildman–Crippen MR) is 65.0 cm³/mol. The van der Waals surface area contributed by atoms with Crippen LogP contribution in [0.4, 0.5) is 16.2 Å². The van der Waals surface area contributed by atoms with Crippen LogP contribution >= 0.6 is 0 Å². The summed E-state index contributed by atoms with van der Waals surface area (Å²) in [7, 11) is 1.86. The summed E-state index contributed by atoms with van der Waals surface area (Å²) in [6.07, 6.45) is 1.61. The second-order valence-corrected chi connectivity index (χ2v) is 3.76. The van der Waals surface area contributed by atoms with Gasteiger partial charge in [0.1, 0.15) is 11.6 Å². The van der Waals surface area contributed by atoms with Crippen molar-refractivity contribution in [3.63, 3.8) is 0 Å². The van der Waals surface area contributed by atoms with E-state index < -0.39 is 0 Å². The summed E-state index contributed by atoms with van der Waals surface area (Å²) in [5.41, 5.74) is 6.57. The zero-order chi connectivity index (χ0) is 12.3. The molecule has 17 heavy (non-hydrogen) atoms. The monoisotopic (exact) mass is 232 g/mol. The van der Waals surface area contributed by atoms with Gasteiger partial charge in [0.05, 0.1) is 0 Å². The molecule has 0 spiro atoms. The van der Waals surface area contributed by atoms with Gasteiger partial charge in [0.25, 0.3) is 0 Å². The van der Waals surface area contributed by atoms with Crippen LogP contribution < -0.4 is 10.6 Å². The molecule has 2 N–H and O–H groups in total. The van der Waals surface area contributed by atoms with E-state index in [-0.39, 0.29) is 5.82 Å². The Balaban J connectivity index is 2.11. The maximum Gasteiger partial charge on any atom is 0.227 e. The molecule has 2 aromatic rings. The minimum atomic E-state index is -0.239. The van der Waals surface area contributed by atoms with Crippen molar-refractivity contribution >= 4 is 11.8 Å². The Kier molecular flexibility index (Phi) is 3.18. The number of rotatable bonds is 3. The Morgan fingerprint density at radius 1 is 1.24 bits per heavy atom. The summed E-state index contributed by atoms with van der Waals surface area (Å²) < 4.78 is 12.7. The van der Waals surface area contributed by atoms with E-state index in [4.69, 9.17) is 5.73 Å². The number of benzene rings is 1. The molecule has 2 rings (SSSR count). The van der Waals surface area contributed by atoms with Gasteiger partial charge in [-0.1, -0.05) is 12.1 Å². The maximum absolute atomic E-state index is 12.7. The first-order chi connectivity index (χ1) is 8.15. The maximum atomic E-state index is 12.7. The lowest BCUT2D eigenvalue weighted by atomic mass is 10.2. The molecular formula is C12H13FN4. The third-order valence-electron chi connectivity index (χ3n) is 2.34. The highest BCUT2D eigenvalue weighted by molar-refractivity contribution is 5.37. The minimum Gasteiger partial charge on any atom is -0.384 e. The van der Waals surface area contributed by atoms with Crippen molar-refractivity contribution < 1.29 is 4.39 Å². The van der Waals surface area contributed by atoms with Gasteiger partial charge in [-0.05, 0) is 23.8 Å². The molecular weight excluding hydrogens is 219 g/mol. The zero-order valence-corrected chi connectivity index (χ0v) is 9.47. The van der Waals surface area contributed by atoms with E-state index in [2.05, 4.69) is 9.97 Å². The van der Waals surface area contributed by atoms with Crippen molar-refractivity contribution in [3.8, 4) is 0 Å². The van der Waals surface area contributed by atoms with Crippen LogP contribution in [0.1, 0.15) is 5.56 Å². The smallest absolute Gasteiger partial charge is 0.227 e. The molecule has 0 unspecified atom stereocenters. The van der Waals surface area contributed by atoms with E-state index in [9.17, 15) is 4.39 Å². The lowest BCUT2D eigenvalue weighted by Crippen LogP contribution is -2.19. The lowest BCUT2D eigenvalue weighted by molar-refractivity contribution is 0.627. The van der Waals surface area contributed by atoms with E-state index in [1.54, 1.807) is 24.4 Å². The number of nitrogens with zero attached hydrogens (tertiary/aromatic N) is 3. The van der Waals surface area contributed by atoms with Crippen molar-refractivity contribution in [2.24, 2.45) is 0 Å². The largest absolute Gasteiger partial charge is 0.384 e. The highest BCUT2D eigenvalue weighted by Gasteiger charge is 2.05. The molecule has 0 aliphatic carbocycles. The Labute approximate surface area is 98.9 Å². The first kappa shape index (κ1) is 11.3. The molecule has 88 valence electrons. The number of halogens is 1. The quantitative estimate of drug-likeness (QED) is 0.877. The number of nitrogen functional groups attached to an aromatic ring is 1. The normalized spacial score (nSPS) is 10.2. The fourth-order valence-corrected chi connectivity index (χ4v) is 1.48. The van der Waals surface area contributed by atoms with Crippen LogP contribution in [-0.4, -0.2) is 17.0 Å². The molecule has 1 heterocycles. The van der Waals surface area contributed by atoms with Gasteiger partial charge in [-0.2, -0.15) is 4.98 Å². The number of anilines is 2. The Morgan fingerprint density at radius 3 is 2.59 bits per heavy atom. The average Bonchev–Trinajstić information content (AvgIpc) is 2.32. The second kappa shape index (κ2) is 4.78. The first-order valence-corrected chi connectivity index (χ1v) is 5.19. The van der Waals surface area contributed by atoms with Crippen LogP contribution in [0.2, 0.25) is 0 Å². The van der Waals surface area contributed by atoms with Gasteiger partial charge in [0.2, 0.25) is 5.95 Å². The van der Waals surface area contributed by atoms with E-state index in [0.717, 1.165) is 5.56 Å². The standard InChI is InChI=1S/C12H13FN4/c1-17(12-15-7-6-11(14)16-12)8-9-2-4-10(13)5-3-9/h2-7H,8H2,1H3,(H2,14,15,16). The number of aromatic nitrogens is 2. The number of hydrogen-bond donors (Lipinski definition) is 1. The van der Waals surface area contributed by atoms with E-state index in [0.29, 0.717) is 18.3 Å². The molecule has 0 bridgehead atoms. The molecule has 0 aliphatic rings. The Morgan fingerprint density at radius 2 is 1.94 bits per heavy atom. The molecule has 0 aliphatic heterocycles. The summed E-state index contributed by atoms with van der Waals surface area (Å²) in [6, 6.07) is 7.97. The third-order valence-corrected chi connectivity index (χ3v) is 2.34. The molecule has 4 nitrogen and oxygen atoms in total. The summed E-state index contributed by atoms with van der Waals surface area (Å²) in [4.78, 5) is 10.1. The van der Waals surface area contributed by atoms with Gasteiger partial charge in [-0.25, -0.2) is 9.37 Å². The Hall–Kier alpha value is -2.17. The van der Waals surface area contributed by atoms with Gasteiger partial charge in [0, 0.05) is 19.8 Å². The molecule has 0 atom stereocenters. The van der Waals surface area contributed by atoms with Crippen LogP contribution in [0.5, 0.6) is 0 Å². The fourth-order valence-electron chi connectivity index (χ4n) is 1.48. The lowest BCUT2D eigenvalue weighted by Gasteiger charge is -2.16. The molecule has 1 aromatic carbocycles. The minimum absolute atomic E-state index is 0.239. The molecule has 0 saturated heterocycles. The van der Waals surface area contributed by atoms with Crippen LogP contribution in [0.3, 0.4) is 0 Å². The van der Waals surface area contributed by atoms with E-state index in [1.165, 1.54) is 12.1 Å². The molecule has 0 fully saturated rings. The molecule has 0 amide bonds. The topological polar surface area (TPSA) is 55.0 Å². The van der Waals surface area contributed by atoms with Gasteiger partial charge in [0.15, 0.2) is 0 Å². The Bertz CT molecular complexity index is 498. The van der Waals surface area contributed by atoms with Crippen molar-refractivity contribution in [1.29, 1.82) is 0 Å². The van der Waals surface area contributed by atoms with Gasteiger partial charge in [-0.3, -0.25) is 0 Å². The molecule has 5 heteroatoms. The molecule has 0 saturated carbocycles. The van der Waals surface area contributed by atoms with Crippen molar-refractivity contribution in [2.45, 2.75) is 6.54 Å². The van der Waals surface area contributed by atoms with Crippen LogP contribution in [0.15, 0.2) is 36.5 Å².